The minimum absolute atomic E-state index is 0.0942. The van der Waals surface area contributed by atoms with Crippen LogP contribution in [0.3, 0.4) is 0 Å². The van der Waals surface area contributed by atoms with Crippen molar-refractivity contribution < 1.29 is 19.4 Å². The Kier molecular flexibility index (Phi) is 4.23. The Labute approximate surface area is 177 Å². The molecule has 0 spiro atoms. The molecule has 0 saturated heterocycles. The first-order chi connectivity index (χ1) is 14.8. The van der Waals surface area contributed by atoms with Crippen LogP contribution in [-0.4, -0.2) is 26.5 Å². The zero-order chi connectivity index (χ0) is 21.9. The first kappa shape index (κ1) is 19.4. The van der Waals surface area contributed by atoms with E-state index in [-0.39, 0.29) is 30.9 Å². The van der Waals surface area contributed by atoms with E-state index < -0.39 is 11.6 Å². The molecule has 3 N–H and O–H groups in total. The number of para-hydroxylation sites is 1. The van der Waals surface area contributed by atoms with Crippen molar-refractivity contribution in [2.24, 2.45) is 5.73 Å². The molecule has 0 bridgehead atoms. The van der Waals surface area contributed by atoms with Gasteiger partial charge in [-0.2, -0.15) is 0 Å². The molecule has 0 saturated carbocycles. The second-order valence-electron chi connectivity index (χ2n) is 8.05. The van der Waals surface area contributed by atoms with Gasteiger partial charge in [0.2, 0.25) is 5.91 Å². The minimum atomic E-state index is -1.85. The normalized spacial score (nSPS) is 19.0. The molecule has 5 rings (SSSR count). The van der Waals surface area contributed by atoms with E-state index >= 15 is 0 Å². The van der Waals surface area contributed by atoms with Crippen molar-refractivity contribution in [2.45, 2.75) is 44.9 Å². The monoisotopic (exact) mass is 419 g/mol. The maximum atomic E-state index is 13.2. The number of fused-ring (bicyclic) bond motifs is 5. The fourth-order valence-electron chi connectivity index (χ4n) is 4.53. The van der Waals surface area contributed by atoms with Gasteiger partial charge in [-0.25, -0.2) is 9.78 Å². The van der Waals surface area contributed by atoms with Crippen molar-refractivity contribution in [1.29, 1.82) is 0 Å². The topological polar surface area (TPSA) is 125 Å². The van der Waals surface area contributed by atoms with Gasteiger partial charge in [-0.15, -0.1) is 0 Å². The summed E-state index contributed by atoms with van der Waals surface area (Å²) in [5.41, 5.74) is 7.47. The number of esters is 1. The molecule has 31 heavy (non-hydrogen) atoms. The van der Waals surface area contributed by atoms with Gasteiger partial charge < -0.3 is 20.1 Å². The van der Waals surface area contributed by atoms with Gasteiger partial charge >= 0.3 is 5.97 Å². The van der Waals surface area contributed by atoms with E-state index in [4.69, 9.17) is 15.5 Å². The Bertz CT molecular complexity index is 1340. The molecule has 0 radical (unpaired) electrons. The van der Waals surface area contributed by atoms with Crippen molar-refractivity contribution in [3.63, 3.8) is 0 Å². The SMILES string of the molecule is CCC1(O)C(=O)OCc2c1cc1n(c2=O)Cc2cc3cccc(CCC(N)=O)c3nc2-1. The summed E-state index contributed by atoms with van der Waals surface area (Å²) < 4.78 is 6.70. The van der Waals surface area contributed by atoms with Gasteiger partial charge in [0.15, 0.2) is 5.60 Å². The number of nitrogens with zero attached hydrogens (tertiary/aromatic N) is 2. The number of benzene rings is 1. The Balaban J connectivity index is 1.72. The molecule has 3 aromatic rings. The molecule has 2 aliphatic heterocycles. The van der Waals surface area contributed by atoms with Crippen LogP contribution in [0, 0.1) is 0 Å². The molecule has 8 nitrogen and oxygen atoms in total. The highest BCUT2D eigenvalue weighted by molar-refractivity contribution is 5.88. The molecule has 1 unspecified atom stereocenters. The quantitative estimate of drug-likeness (QED) is 0.483. The predicted molar refractivity (Wildman–Crippen MR) is 112 cm³/mol. The molecule has 0 aliphatic carbocycles. The first-order valence-electron chi connectivity index (χ1n) is 10.2. The van der Waals surface area contributed by atoms with Crippen LogP contribution in [0.1, 0.15) is 42.0 Å². The molecular formula is C23H21N3O5. The number of hydrogen-bond acceptors (Lipinski definition) is 6. The summed E-state index contributed by atoms with van der Waals surface area (Å²) in [5.74, 6) is -1.13. The van der Waals surface area contributed by atoms with Crippen LogP contribution in [0.25, 0.3) is 22.3 Å². The van der Waals surface area contributed by atoms with Gasteiger partial charge in [0.25, 0.3) is 5.56 Å². The third kappa shape index (κ3) is 2.79. The van der Waals surface area contributed by atoms with Crippen LogP contribution in [0.5, 0.6) is 0 Å². The molecule has 8 heteroatoms. The molecule has 1 aromatic carbocycles. The second kappa shape index (κ2) is 6.75. The van der Waals surface area contributed by atoms with Crippen LogP contribution >= 0.6 is 0 Å². The van der Waals surface area contributed by atoms with Crippen LogP contribution < -0.4 is 11.3 Å². The lowest BCUT2D eigenvalue weighted by atomic mass is 9.86. The molecule has 0 fully saturated rings. The number of hydrogen-bond donors (Lipinski definition) is 2. The Morgan fingerprint density at radius 2 is 2.13 bits per heavy atom. The number of rotatable bonds is 4. The summed E-state index contributed by atoms with van der Waals surface area (Å²) in [4.78, 5) is 41.6. The molecule has 2 aliphatic rings. The number of aromatic nitrogens is 2. The van der Waals surface area contributed by atoms with Gasteiger partial charge in [0.05, 0.1) is 29.0 Å². The number of pyridine rings is 2. The highest BCUT2D eigenvalue weighted by Gasteiger charge is 2.45. The van der Waals surface area contributed by atoms with E-state index in [1.54, 1.807) is 17.6 Å². The Morgan fingerprint density at radius 3 is 2.87 bits per heavy atom. The zero-order valence-electron chi connectivity index (χ0n) is 17.0. The fraction of sp³-hybridized carbons (Fsp3) is 0.304. The number of primary amides is 1. The van der Waals surface area contributed by atoms with E-state index in [1.165, 1.54) is 0 Å². The van der Waals surface area contributed by atoms with E-state index in [0.717, 1.165) is 22.0 Å². The molecule has 4 heterocycles. The summed E-state index contributed by atoms with van der Waals surface area (Å²) >= 11 is 0. The molecular weight excluding hydrogens is 398 g/mol. The highest BCUT2D eigenvalue weighted by atomic mass is 16.6. The van der Waals surface area contributed by atoms with E-state index in [0.29, 0.717) is 35.5 Å². The summed E-state index contributed by atoms with van der Waals surface area (Å²) in [7, 11) is 0. The van der Waals surface area contributed by atoms with Crippen molar-refractivity contribution in [1.82, 2.24) is 9.55 Å². The van der Waals surface area contributed by atoms with Gasteiger partial charge in [0.1, 0.15) is 6.61 Å². The van der Waals surface area contributed by atoms with Crippen molar-refractivity contribution in [2.75, 3.05) is 0 Å². The number of ether oxygens (including phenoxy) is 1. The number of aliphatic hydroxyl groups is 1. The van der Waals surface area contributed by atoms with Crippen LogP contribution in [-0.2, 0) is 39.5 Å². The molecule has 158 valence electrons. The van der Waals surface area contributed by atoms with Gasteiger partial charge in [-0.1, -0.05) is 25.1 Å². The lowest BCUT2D eigenvalue weighted by molar-refractivity contribution is -0.172. The van der Waals surface area contributed by atoms with Crippen molar-refractivity contribution >= 4 is 22.8 Å². The smallest absolute Gasteiger partial charge is 0.343 e. The Hall–Kier alpha value is -3.52. The van der Waals surface area contributed by atoms with Gasteiger partial charge in [-0.3, -0.25) is 9.59 Å². The third-order valence-corrected chi connectivity index (χ3v) is 6.26. The summed E-state index contributed by atoms with van der Waals surface area (Å²) in [6, 6.07) is 9.44. The predicted octanol–water partition coefficient (Wildman–Crippen LogP) is 1.50. The molecule has 2 aromatic heterocycles. The summed E-state index contributed by atoms with van der Waals surface area (Å²) in [6.07, 6.45) is 0.779. The fourth-order valence-corrected chi connectivity index (χ4v) is 4.53. The molecule has 1 atom stereocenters. The number of aryl methyl sites for hydroxylation is 1. The highest BCUT2D eigenvalue weighted by Crippen LogP contribution is 2.38. The maximum absolute atomic E-state index is 13.2. The number of carbonyl (C=O) groups is 2. The largest absolute Gasteiger partial charge is 0.458 e. The average molecular weight is 419 g/mol. The Morgan fingerprint density at radius 1 is 1.32 bits per heavy atom. The lowest BCUT2D eigenvalue weighted by Crippen LogP contribution is -2.44. The van der Waals surface area contributed by atoms with Gasteiger partial charge in [-0.05, 0) is 30.5 Å². The zero-order valence-corrected chi connectivity index (χ0v) is 17.0. The standard InChI is InChI=1S/C23H21N3O5/c1-2-23(30)16-9-17-20-14(10-26(17)21(28)15(16)11-31-22(23)29)8-13-5-3-4-12(19(13)25-20)6-7-18(24)27/h3-5,8-9,30H,2,6-7,10-11H2,1H3,(H2,24,27). The molecule has 1 amide bonds. The maximum Gasteiger partial charge on any atom is 0.343 e. The third-order valence-electron chi connectivity index (χ3n) is 6.26. The van der Waals surface area contributed by atoms with Crippen LogP contribution in [0.2, 0.25) is 0 Å². The number of nitrogens with two attached hydrogens (primary N) is 1. The number of cyclic esters (lactones) is 1. The summed E-state index contributed by atoms with van der Waals surface area (Å²) in [6.45, 7) is 1.87. The second-order valence-corrected chi connectivity index (χ2v) is 8.05. The van der Waals surface area contributed by atoms with Crippen molar-refractivity contribution in [3.05, 3.63) is 62.9 Å². The van der Waals surface area contributed by atoms with E-state index in [2.05, 4.69) is 0 Å². The van der Waals surface area contributed by atoms with Crippen molar-refractivity contribution in [3.8, 4) is 11.4 Å². The number of amides is 1. The minimum Gasteiger partial charge on any atom is -0.458 e. The lowest BCUT2D eigenvalue weighted by Gasteiger charge is -2.31. The van der Waals surface area contributed by atoms with E-state index in [1.807, 2.05) is 24.3 Å². The van der Waals surface area contributed by atoms with Crippen LogP contribution in [0.15, 0.2) is 35.1 Å². The van der Waals surface area contributed by atoms with E-state index in [9.17, 15) is 19.5 Å². The average Bonchev–Trinajstić information content (AvgIpc) is 3.11. The van der Waals surface area contributed by atoms with Crippen LogP contribution in [0.4, 0.5) is 0 Å². The summed E-state index contributed by atoms with van der Waals surface area (Å²) in [5, 5.41) is 11.9. The first-order valence-corrected chi connectivity index (χ1v) is 10.2. The van der Waals surface area contributed by atoms with Gasteiger partial charge in [0, 0.05) is 22.9 Å². The number of carbonyl (C=O) groups excluding carboxylic acids is 2.